The van der Waals surface area contributed by atoms with E-state index in [0.717, 1.165) is 60.5 Å². The van der Waals surface area contributed by atoms with Crippen molar-refractivity contribution < 1.29 is 61.1 Å². The van der Waals surface area contributed by atoms with Crippen LogP contribution in [0.5, 0.6) is 0 Å². The van der Waals surface area contributed by atoms with E-state index >= 15 is 0 Å². The van der Waals surface area contributed by atoms with Gasteiger partial charge in [0.1, 0.15) is 36.3 Å². The molecule has 6 bridgehead atoms. The number of aliphatic hydroxyl groups excluding tert-OH is 1. The normalized spacial score (nSPS) is 36.9. The van der Waals surface area contributed by atoms with Crippen molar-refractivity contribution in [3.63, 3.8) is 0 Å². The number of aliphatic hydroxyl groups is 1. The van der Waals surface area contributed by atoms with Crippen LogP contribution in [0.4, 0.5) is 0 Å². The number of fused-ring (bicyclic) bond motifs is 1. The molecule has 8 rings (SSSR count). The van der Waals surface area contributed by atoms with Gasteiger partial charge in [0.25, 0.3) is 0 Å². The van der Waals surface area contributed by atoms with Crippen LogP contribution in [0, 0.1) is 11.8 Å². The smallest absolute Gasteiger partial charge is 0.192 e. The summed E-state index contributed by atoms with van der Waals surface area (Å²) in [4.78, 5) is 14.8. The van der Waals surface area contributed by atoms with E-state index in [0.29, 0.717) is 57.5 Å². The summed E-state index contributed by atoms with van der Waals surface area (Å²) in [6.45, 7) is 41.8. The number of carbonyl (C=O) groups excluding carboxylic acids is 1. The van der Waals surface area contributed by atoms with Gasteiger partial charge >= 0.3 is 0 Å². The number of carbonyl (C=O) groups is 1. The molecule has 0 saturated carbocycles. The highest BCUT2D eigenvalue weighted by Gasteiger charge is 2.69. The van der Waals surface area contributed by atoms with Gasteiger partial charge in [-0.25, -0.2) is 0 Å². The molecule has 0 unspecified atom stereocenters. The second-order valence-corrected chi connectivity index (χ2v) is 42.5. The molecule has 1 N–H and O–H groups in total. The predicted octanol–water partition coefficient (Wildman–Crippen LogP) is 12.5. The van der Waals surface area contributed by atoms with Gasteiger partial charge in [0.05, 0.1) is 67.6 Å². The van der Waals surface area contributed by atoms with Gasteiger partial charge in [-0.15, -0.1) is 0 Å². The maximum Gasteiger partial charge on any atom is 0.192 e. The summed E-state index contributed by atoms with van der Waals surface area (Å²) in [5, 5.41) is 10.8. The van der Waals surface area contributed by atoms with Crippen LogP contribution < -0.4 is 0 Å². The SMILES string of the molecule is C=C(Br)C[C@H](O)CC[C@@]12C[C@H]3O[C@H]4[C@@H](O1)[C@H]1O[C@@H](CC(=O)C[C@@H]5[C@@H](OC)[C@@H](C[C@@H](CO[Si](C)(C)C(C)(C)C)O[Si](C)(C)C(C)(C)C)O[C@H]5C[C@H]5O[C@@H](CCCO[Si](CC)(CC)CC)C[C@@H](C)C5=C)CC[C@@H]1O[C@H]4[C@H]3O2. The number of ketones is 1. The third kappa shape index (κ3) is 14.5. The Labute approximate surface area is 465 Å². The number of hydrogen-bond acceptors (Lipinski definition) is 13. The summed E-state index contributed by atoms with van der Waals surface area (Å²) in [6, 6.07) is 3.45. The third-order valence-corrected chi connectivity index (χ3v) is 33.9. The molecular weight excluding hydrogens is 1070 g/mol. The standard InChI is InChI=1S/C58H103BrO13Si3/c1-18-75(19-2,20-3)63-27-21-22-41-28-36(4)38(6)46(65-41)33-47-44(50(62-13)48(67-47)32-43(72-74(16,17)57(10,11)12)35-64-73(14,15)56(7,8)9)31-40(61)30-42-23-24-45-51(66-42)55-54-53(68-45)52-49(69-54)34-58(70-52,71-55)26-25-39(60)29-37(5)59/h36,39,41-55,60H,5-6,18-35H2,1-4,7-17H3/t36-,39-,41+,42-,43+,44+,45+,46-,47+,48-,49-,50-,51+,52+,53+,54-,55+,58+/m1/s1. The Kier molecular flexibility index (Phi) is 20.9. The molecule has 8 saturated heterocycles. The summed E-state index contributed by atoms with van der Waals surface area (Å²) in [7, 11) is -4.29. The van der Waals surface area contributed by atoms with Gasteiger partial charge in [-0.2, -0.15) is 0 Å². The van der Waals surface area contributed by atoms with E-state index in [2.05, 4.69) is 125 Å². The minimum absolute atomic E-state index is 0.00816. The zero-order chi connectivity index (χ0) is 55.1. The fourth-order valence-electron chi connectivity index (χ4n) is 12.9. The molecule has 0 aromatic carbocycles. The van der Waals surface area contributed by atoms with Crippen LogP contribution >= 0.6 is 15.9 Å². The predicted molar refractivity (Wildman–Crippen MR) is 306 cm³/mol. The lowest BCUT2D eigenvalue weighted by atomic mass is 9.81. The van der Waals surface area contributed by atoms with Crippen LogP contribution in [0.3, 0.4) is 0 Å². The number of halogens is 1. The molecule has 8 aliphatic rings. The number of Topliss-reactive ketones (excluding diaryl/α,β-unsaturated/α-hetero) is 1. The Balaban J connectivity index is 1.08. The highest BCUT2D eigenvalue weighted by Crippen LogP contribution is 2.54. The van der Waals surface area contributed by atoms with Crippen LogP contribution in [-0.4, -0.2) is 154 Å². The fourth-order valence-corrected chi connectivity index (χ4v) is 18.3. The van der Waals surface area contributed by atoms with Crippen LogP contribution in [0.1, 0.15) is 153 Å². The Bertz CT molecular complexity index is 1910. The van der Waals surface area contributed by atoms with Crippen molar-refractivity contribution >= 4 is 46.7 Å². The molecule has 75 heavy (non-hydrogen) atoms. The summed E-state index contributed by atoms with van der Waals surface area (Å²) >= 11 is 3.40. The zero-order valence-electron chi connectivity index (χ0n) is 49.2. The number of methoxy groups -OCH3 is 1. The first-order valence-corrected chi connectivity index (χ1v) is 38.5. The zero-order valence-corrected chi connectivity index (χ0v) is 53.8. The van der Waals surface area contributed by atoms with Crippen LogP contribution in [0.15, 0.2) is 23.2 Å². The molecule has 432 valence electrons. The van der Waals surface area contributed by atoms with Gasteiger partial charge in [0, 0.05) is 64.6 Å². The molecule has 0 amide bonds. The van der Waals surface area contributed by atoms with E-state index in [-0.39, 0.29) is 108 Å². The topological polar surface area (TPSA) is 139 Å². The lowest BCUT2D eigenvalue weighted by Crippen LogP contribution is -2.61. The monoisotopic (exact) mass is 1170 g/mol. The number of ether oxygens (including phenoxy) is 8. The van der Waals surface area contributed by atoms with E-state index in [4.69, 9.17) is 51.2 Å². The molecule has 0 aromatic heterocycles. The average Bonchev–Trinajstić information content (AvgIpc) is 3.89. The van der Waals surface area contributed by atoms with Gasteiger partial charge in [-0.1, -0.05) is 98.3 Å². The molecule has 13 nitrogen and oxygen atoms in total. The quantitative estimate of drug-likeness (QED) is 0.0475. The third-order valence-electron chi connectivity index (χ3n) is 19.8. The van der Waals surface area contributed by atoms with E-state index in [1.54, 1.807) is 7.11 Å². The lowest BCUT2D eigenvalue weighted by Gasteiger charge is -2.47. The van der Waals surface area contributed by atoms with Crippen molar-refractivity contribution in [3.8, 4) is 0 Å². The van der Waals surface area contributed by atoms with Crippen LogP contribution in [0.2, 0.25) is 54.4 Å². The van der Waals surface area contributed by atoms with Crippen molar-refractivity contribution in [1.29, 1.82) is 0 Å². The van der Waals surface area contributed by atoms with Gasteiger partial charge in [-0.3, -0.25) is 4.79 Å². The van der Waals surface area contributed by atoms with E-state index < -0.39 is 49.1 Å². The van der Waals surface area contributed by atoms with Gasteiger partial charge in [0.2, 0.25) is 0 Å². The first-order valence-electron chi connectivity index (χ1n) is 29.4. The van der Waals surface area contributed by atoms with Crippen molar-refractivity contribution in [1.82, 2.24) is 0 Å². The van der Waals surface area contributed by atoms with Crippen molar-refractivity contribution in [3.05, 3.63) is 23.2 Å². The molecular formula is C58H103BrO13Si3. The summed E-state index contributed by atoms with van der Waals surface area (Å²) < 4.78 is 76.5. The first-order chi connectivity index (χ1) is 35.1. The lowest BCUT2D eigenvalue weighted by molar-refractivity contribution is -0.292. The largest absolute Gasteiger partial charge is 0.417 e. The fraction of sp³-hybridized carbons (Fsp3) is 0.914. The Morgan fingerprint density at radius 2 is 1.48 bits per heavy atom. The average molecular weight is 1170 g/mol. The van der Waals surface area contributed by atoms with Gasteiger partial charge in [-0.05, 0) is 109 Å². The van der Waals surface area contributed by atoms with E-state index in [1.807, 2.05) is 0 Å². The molecule has 17 heteroatoms. The molecule has 0 radical (unpaired) electrons. The Hall–Kier alpha value is -0.199. The summed E-state index contributed by atoms with van der Waals surface area (Å²) in [6.07, 6.45) is 3.86. The van der Waals surface area contributed by atoms with Crippen LogP contribution in [0.25, 0.3) is 0 Å². The Morgan fingerprint density at radius 1 is 0.827 bits per heavy atom. The molecule has 0 aromatic rings. The minimum atomic E-state index is -2.25. The van der Waals surface area contributed by atoms with Crippen molar-refractivity contribution in [2.45, 2.75) is 304 Å². The highest BCUT2D eigenvalue weighted by atomic mass is 79.9. The summed E-state index contributed by atoms with van der Waals surface area (Å²) in [5.74, 6) is -0.724. The maximum absolute atomic E-state index is 14.8. The van der Waals surface area contributed by atoms with Gasteiger partial charge < -0.3 is 56.3 Å². The molecule has 18 atom stereocenters. The molecule has 8 aliphatic heterocycles. The maximum atomic E-state index is 14.8. The second kappa shape index (κ2) is 25.1. The van der Waals surface area contributed by atoms with E-state index in [1.165, 1.54) is 0 Å². The molecule has 0 spiro atoms. The van der Waals surface area contributed by atoms with Gasteiger partial charge in [0.15, 0.2) is 30.7 Å². The Morgan fingerprint density at radius 3 is 2.12 bits per heavy atom. The minimum Gasteiger partial charge on any atom is -0.417 e. The van der Waals surface area contributed by atoms with Crippen LogP contribution in [-0.2, 0) is 56.0 Å². The molecule has 8 heterocycles. The summed E-state index contributed by atoms with van der Waals surface area (Å²) in [5.41, 5.74) is 1.09. The van der Waals surface area contributed by atoms with E-state index in [9.17, 15) is 9.90 Å². The number of hydrogen-bond donors (Lipinski definition) is 1. The van der Waals surface area contributed by atoms with Crippen molar-refractivity contribution in [2.75, 3.05) is 20.3 Å². The number of rotatable bonds is 27. The first kappa shape index (κ1) is 62.4. The van der Waals surface area contributed by atoms with Crippen molar-refractivity contribution in [2.24, 2.45) is 11.8 Å². The highest BCUT2D eigenvalue weighted by molar-refractivity contribution is 9.11. The second-order valence-electron chi connectivity index (χ2n) is 27.0. The molecule has 0 aliphatic carbocycles. The molecule has 8 fully saturated rings.